The molecule has 0 radical (unpaired) electrons. The molecular weight excluding hydrogens is 332 g/mol. The first kappa shape index (κ1) is 19.6. The summed E-state index contributed by atoms with van der Waals surface area (Å²) in [5.41, 5.74) is 3.35. The topological polar surface area (TPSA) is 32.3 Å². The van der Waals surface area contributed by atoms with Crippen molar-refractivity contribution in [2.75, 3.05) is 13.1 Å². The Balaban J connectivity index is 1.46. The second-order valence-electron chi connectivity index (χ2n) is 8.08. The number of hydrogen-bond donors (Lipinski definition) is 1. The van der Waals surface area contributed by atoms with E-state index >= 15 is 0 Å². The lowest BCUT2D eigenvalue weighted by molar-refractivity contribution is 0.0938. The number of carbonyl (C=O) groups excluding carboxylic acids is 1. The number of carbonyl (C=O) groups is 1. The highest BCUT2D eigenvalue weighted by molar-refractivity contribution is 5.94. The highest BCUT2D eigenvalue weighted by Crippen LogP contribution is 2.18. The van der Waals surface area contributed by atoms with Gasteiger partial charge < -0.3 is 5.32 Å². The Morgan fingerprint density at radius 2 is 1.85 bits per heavy atom. The predicted octanol–water partition coefficient (Wildman–Crippen LogP) is 4.67. The van der Waals surface area contributed by atoms with Crippen LogP contribution in [0.3, 0.4) is 0 Å². The molecule has 0 aliphatic carbocycles. The molecule has 0 bridgehead atoms. The normalized spacial score (nSPS) is 18.8. The third-order valence-electron chi connectivity index (χ3n) is 5.45. The van der Waals surface area contributed by atoms with Gasteiger partial charge in [-0.3, -0.25) is 9.69 Å². The lowest BCUT2D eigenvalue weighted by atomic mass is 9.99. The molecule has 0 unspecified atom stereocenters. The van der Waals surface area contributed by atoms with Gasteiger partial charge in [-0.15, -0.1) is 0 Å². The van der Waals surface area contributed by atoms with E-state index in [1.807, 2.05) is 18.2 Å². The summed E-state index contributed by atoms with van der Waals surface area (Å²) in [7, 11) is 0. The summed E-state index contributed by atoms with van der Waals surface area (Å²) in [6, 6.07) is 18.7. The maximum Gasteiger partial charge on any atom is 0.251 e. The van der Waals surface area contributed by atoms with Crippen LogP contribution in [0.25, 0.3) is 0 Å². The van der Waals surface area contributed by atoms with Crippen LogP contribution in [0.5, 0.6) is 0 Å². The molecule has 3 rings (SSSR count). The minimum Gasteiger partial charge on any atom is -0.350 e. The lowest BCUT2D eigenvalue weighted by Gasteiger charge is -2.30. The maximum absolute atomic E-state index is 12.5. The second-order valence-corrected chi connectivity index (χ2v) is 8.08. The van der Waals surface area contributed by atoms with Crippen LogP contribution in [0.2, 0.25) is 0 Å². The molecule has 1 N–H and O–H groups in total. The van der Waals surface area contributed by atoms with E-state index in [0.29, 0.717) is 0 Å². The van der Waals surface area contributed by atoms with E-state index in [0.717, 1.165) is 30.9 Å². The van der Waals surface area contributed by atoms with E-state index in [-0.39, 0.29) is 11.9 Å². The van der Waals surface area contributed by atoms with Gasteiger partial charge in [0.15, 0.2) is 0 Å². The first-order valence-electron chi connectivity index (χ1n) is 10.3. The molecule has 1 aliphatic heterocycles. The largest absolute Gasteiger partial charge is 0.350 e. The van der Waals surface area contributed by atoms with Crippen LogP contribution in [0, 0.1) is 5.92 Å². The van der Waals surface area contributed by atoms with Crippen LogP contribution < -0.4 is 5.32 Å². The number of benzene rings is 2. The molecule has 1 saturated heterocycles. The Labute approximate surface area is 163 Å². The molecule has 2 aromatic rings. The molecule has 0 aromatic heterocycles. The van der Waals surface area contributed by atoms with Crippen LogP contribution >= 0.6 is 0 Å². The second kappa shape index (κ2) is 9.70. The minimum atomic E-state index is 0.0220. The summed E-state index contributed by atoms with van der Waals surface area (Å²) >= 11 is 0. The summed E-state index contributed by atoms with van der Waals surface area (Å²) in [6.45, 7) is 7.76. The van der Waals surface area contributed by atoms with E-state index in [2.05, 4.69) is 60.5 Å². The minimum absolute atomic E-state index is 0.0220. The number of rotatable bonds is 7. The highest BCUT2D eigenvalue weighted by Gasteiger charge is 2.16. The molecule has 3 heteroatoms. The summed E-state index contributed by atoms with van der Waals surface area (Å²) in [5, 5.41) is 3.12. The highest BCUT2D eigenvalue weighted by atomic mass is 16.1. The molecule has 2 aromatic carbocycles. The van der Waals surface area contributed by atoms with Crippen molar-refractivity contribution >= 4 is 5.91 Å². The zero-order valence-electron chi connectivity index (χ0n) is 16.7. The van der Waals surface area contributed by atoms with Gasteiger partial charge >= 0.3 is 0 Å². The van der Waals surface area contributed by atoms with E-state index < -0.39 is 0 Å². The summed E-state index contributed by atoms with van der Waals surface area (Å²) < 4.78 is 0. The van der Waals surface area contributed by atoms with Gasteiger partial charge in [-0.25, -0.2) is 0 Å². The number of aryl methyl sites for hydroxylation is 1. The van der Waals surface area contributed by atoms with Crippen molar-refractivity contribution < 1.29 is 4.79 Å². The van der Waals surface area contributed by atoms with Gasteiger partial charge in [0, 0.05) is 24.7 Å². The van der Waals surface area contributed by atoms with Gasteiger partial charge in [0.25, 0.3) is 5.91 Å². The monoisotopic (exact) mass is 364 g/mol. The van der Waals surface area contributed by atoms with Gasteiger partial charge in [-0.05, 0) is 68.3 Å². The molecule has 27 heavy (non-hydrogen) atoms. The standard InChI is InChI=1S/C24H32N2O/c1-19-7-6-16-26(17-19)18-22-12-14-23(15-13-22)24(27)25-20(2)10-11-21-8-4-3-5-9-21/h3-5,8-9,12-15,19-20H,6-7,10-11,16-18H2,1-2H3,(H,25,27)/t19-,20+/m0/s1. The van der Waals surface area contributed by atoms with Crippen LogP contribution in [-0.4, -0.2) is 29.9 Å². The first-order valence-corrected chi connectivity index (χ1v) is 10.3. The van der Waals surface area contributed by atoms with Crippen molar-refractivity contribution in [1.82, 2.24) is 10.2 Å². The average molecular weight is 365 g/mol. The van der Waals surface area contributed by atoms with Gasteiger partial charge in [-0.1, -0.05) is 49.4 Å². The molecule has 0 saturated carbocycles. The van der Waals surface area contributed by atoms with Crippen molar-refractivity contribution in [3.05, 3.63) is 71.3 Å². The summed E-state index contributed by atoms with van der Waals surface area (Å²) in [4.78, 5) is 15.0. The van der Waals surface area contributed by atoms with Crippen molar-refractivity contribution in [2.45, 2.75) is 52.1 Å². The quantitative estimate of drug-likeness (QED) is 0.774. The van der Waals surface area contributed by atoms with Crippen molar-refractivity contribution in [2.24, 2.45) is 5.92 Å². The van der Waals surface area contributed by atoms with Crippen LogP contribution in [0.4, 0.5) is 0 Å². The number of amides is 1. The molecule has 0 spiro atoms. The molecule has 2 atom stereocenters. The number of likely N-dealkylation sites (tertiary alicyclic amines) is 1. The molecule has 1 aliphatic rings. The fourth-order valence-electron chi connectivity index (χ4n) is 3.86. The molecule has 3 nitrogen and oxygen atoms in total. The van der Waals surface area contributed by atoms with E-state index in [1.54, 1.807) is 0 Å². The van der Waals surface area contributed by atoms with Crippen molar-refractivity contribution in [3.8, 4) is 0 Å². The molecular formula is C24H32N2O. The lowest BCUT2D eigenvalue weighted by Crippen LogP contribution is -2.34. The zero-order chi connectivity index (χ0) is 19.1. The smallest absolute Gasteiger partial charge is 0.251 e. The predicted molar refractivity (Wildman–Crippen MR) is 112 cm³/mol. The Hall–Kier alpha value is -2.13. The molecule has 1 amide bonds. The van der Waals surface area contributed by atoms with E-state index in [1.165, 1.54) is 37.1 Å². The Morgan fingerprint density at radius 3 is 2.56 bits per heavy atom. The van der Waals surface area contributed by atoms with Crippen LogP contribution in [0.1, 0.15) is 54.6 Å². The summed E-state index contributed by atoms with van der Waals surface area (Å²) in [6.07, 6.45) is 4.57. The van der Waals surface area contributed by atoms with E-state index in [9.17, 15) is 4.79 Å². The third-order valence-corrected chi connectivity index (χ3v) is 5.45. The number of piperidine rings is 1. The van der Waals surface area contributed by atoms with Gasteiger partial charge in [-0.2, -0.15) is 0 Å². The molecule has 1 fully saturated rings. The maximum atomic E-state index is 12.5. The fraction of sp³-hybridized carbons (Fsp3) is 0.458. The Bertz CT molecular complexity index is 711. The van der Waals surface area contributed by atoms with Crippen molar-refractivity contribution in [3.63, 3.8) is 0 Å². The third kappa shape index (κ3) is 6.21. The average Bonchev–Trinajstić information content (AvgIpc) is 2.68. The zero-order valence-corrected chi connectivity index (χ0v) is 16.7. The Morgan fingerprint density at radius 1 is 1.11 bits per heavy atom. The number of nitrogens with one attached hydrogen (secondary N) is 1. The van der Waals surface area contributed by atoms with Gasteiger partial charge in [0.1, 0.15) is 0 Å². The van der Waals surface area contributed by atoms with Crippen molar-refractivity contribution in [1.29, 1.82) is 0 Å². The molecule has 1 heterocycles. The first-order chi connectivity index (χ1) is 13.1. The number of hydrogen-bond acceptors (Lipinski definition) is 2. The fourth-order valence-corrected chi connectivity index (χ4v) is 3.86. The van der Waals surface area contributed by atoms with Gasteiger partial charge in [0.2, 0.25) is 0 Å². The number of nitrogens with zero attached hydrogens (tertiary/aromatic N) is 1. The molecule has 144 valence electrons. The van der Waals surface area contributed by atoms with Crippen LogP contribution in [0.15, 0.2) is 54.6 Å². The SMILES string of the molecule is C[C@H]1CCCN(Cc2ccc(C(=O)N[C@H](C)CCc3ccccc3)cc2)C1. The van der Waals surface area contributed by atoms with Crippen LogP contribution in [-0.2, 0) is 13.0 Å². The summed E-state index contributed by atoms with van der Waals surface area (Å²) in [5.74, 6) is 0.815. The Kier molecular flexibility index (Phi) is 7.05. The van der Waals surface area contributed by atoms with Gasteiger partial charge in [0.05, 0.1) is 0 Å². The van der Waals surface area contributed by atoms with E-state index in [4.69, 9.17) is 0 Å².